The Kier molecular flexibility index (Phi) is 15.5. The third-order valence-electron chi connectivity index (χ3n) is 7.94. The molecule has 1 fully saturated rings. The first-order valence-corrected chi connectivity index (χ1v) is 15.8. The van der Waals surface area contributed by atoms with Gasteiger partial charge in [-0.05, 0) is 42.5 Å². The number of carbonyl (C=O) groups excluding carboxylic acids is 1. The van der Waals surface area contributed by atoms with Crippen molar-refractivity contribution in [2.75, 3.05) is 26.2 Å². The fourth-order valence-electron chi connectivity index (χ4n) is 5.48. The number of nitrogens with zero attached hydrogens (tertiary/aromatic N) is 2. The lowest BCUT2D eigenvalue weighted by atomic mass is 10.0. The molecule has 1 heterocycles. The van der Waals surface area contributed by atoms with Crippen LogP contribution < -0.4 is 5.32 Å². The molecule has 1 amide bonds. The molecule has 2 aromatic carbocycles. The summed E-state index contributed by atoms with van der Waals surface area (Å²) in [6.45, 7) is 5.88. The first-order valence-electron chi connectivity index (χ1n) is 15.8. The molecule has 1 aliphatic heterocycles. The van der Waals surface area contributed by atoms with Crippen molar-refractivity contribution in [3.8, 4) is 0 Å². The molecule has 1 saturated heterocycles. The Morgan fingerprint density at radius 3 is 2.07 bits per heavy atom. The van der Waals surface area contributed by atoms with Crippen LogP contribution in [0, 0.1) is 0 Å². The molecule has 7 heteroatoms. The van der Waals surface area contributed by atoms with Gasteiger partial charge in [0.15, 0.2) is 6.61 Å². The van der Waals surface area contributed by atoms with Crippen molar-refractivity contribution in [2.24, 2.45) is 0 Å². The van der Waals surface area contributed by atoms with Gasteiger partial charge >= 0.3 is 5.97 Å². The Morgan fingerprint density at radius 2 is 1.46 bits per heavy atom. The maximum Gasteiger partial charge on any atom is 0.331 e. The van der Waals surface area contributed by atoms with Gasteiger partial charge in [-0.1, -0.05) is 107 Å². The van der Waals surface area contributed by atoms with E-state index in [-0.39, 0.29) is 18.6 Å². The molecule has 1 aliphatic rings. The maximum absolute atomic E-state index is 12.6. The van der Waals surface area contributed by atoms with Crippen molar-refractivity contribution in [1.82, 2.24) is 15.3 Å². The first-order chi connectivity index (χ1) is 20.0. The van der Waals surface area contributed by atoms with Crippen LogP contribution in [0.4, 0.5) is 0 Å². The molecule has 0 aromatic heterocycles. The van der Waals surface area contributed by atoms with E-state index >= 15 is 0 Å². The zero-order chi connectivity index (χ0) is 29.1. The van der Waals surface area contributed by atoms with Crippen LogP contribution in [0.5, 0.6) is 0 Å². The Labute approximate surface area is 247 Å². The second-order valence-corrected chi connectivity index (χ2v) is 11.4. The normalized spacial score (nSPS) is 14.4. The van der Waals surface area contributed by atoms with Crippen molar-refractivity contribution in [3.63, 3.8) is 0 Å². The summed E-state index contributed by atoms with van der Waals surface area (Å²) < 4.78 is 0. The van der Waals surface area contributed by atoms with Crippen molar-refractivity contribution in [1.29, 1.82) is 0 Å². The highest BCUT2D eigenvalue weighted by Crippen LogP contribution is 2.21. The number of hydrogen-bond acceptors (Lipinski definition) is 5. The largest absolute Gasteiger partial charge is 0.479 e. The van der Waals surface area contributed by atoms with Crippen LogP contribution in [-0.4, -0.2) is 59.2 Å². The summed E-state index contributed by atoms with van der Waals surface area (Å²) >= 11 is 0. The van der Waals surface area contributed by atoms with E-state index in [0.29, 0.717) is 18.7 Å². The number of aliphatic carboxylic acids is 1. The van der Waals surface area contributed by atoms with Gasteiger partial charge in [-0.3, -0.25) is 14.5 Å². The van der Waals surface area contributed by atoms with Crippen molar-refractivity contribution >= 4 is 11.9 Å². The molecule has 0 spiro atoms. The van der Waals surface area contributed by atoms with Gasteiger partial charge in [0.05, 0.1) is 0 Å². The molecule has 0 radical (unpaired) electrons. The highest BCUT2D eigenvalue weighted by atomic mass is 16.7. The predicted molar refractivity (Wildman–Crippen MR) is 164 cm³/mol. The third-order valence-corrected chi connectivity index (χ3v) is 7.94. The van der Waals surface area contributed by atoms with Crippen LogP contribution in [0.15, 0.2) is 54.6 Å². The maximum atomic E-state index is 12.6. The number of unbranched alkanes of at least 4 members (excludes halogenated alkanes) is 9. The van der Waals surface area contributed by atoms with E-state index in [1.54, 1.807) is 0 Å². The zero-order valence-corrected chi connectivity index (χ0v) is 25.1. The number of amides is 1. The van der Waals surface area contributed by atoms with E-state index in [1.807, 2.05) is 35.4 Å². The molecule has 7 nitrogen and oxygen atoms in total. The van der Waals surface area contributed by atoms with E-state index in [9.17, 15) is 14.7 Å². The molecular weight excluding hydrogens is 514 g/mol. The minimum atomic E-state index is -0.981. The summed E-state index contributed by atoms with van der Waals surface area (Å²) in [6.07, 6.45) is 14.6. The summed E-state index contributed by atoms with van der Waals surface area (Å²) in [5.41, 5.74) is 2.94. The van der Waals surface area contributed by atoms with E-state index in [4.69, 9.17) is 4.84 Å². The first kappa shape index (κ1) is 32.8. The number of carboxylic acids is 1. The van der Waals surface area contributed by atoms with Crippen LogP contribution in [0.2, 0.25) is 0 Å². The second-order valence-electron chi connectivity index (χ2n) is 11.4. The molecule has 0 bridgehead atoms. The van der Waals surface area contributed by atoms with Crippen molar-refractivity contribution < 1.29 is 19.5 Å². The van der Waals surface area contributed by atoms with Gasteiger partial charge in [-0.25, -0.2) is 4.79 Å². The SMILES string of the molecule is CCCCCCCCCCCCNC(=O)c1ccc(CN(OCC(=O)O)C2CCN(Cc3ccccc3)CC2)cc1. The Balaban J connectivity index is 1.38. The van der Waals surface area contributed by atoms with Gasteiger partial charge in [0.25, 0.3) is 5.91 Å². The highest BCUT2D eigenvalue weighted by Gasteiger charge is 2.26. The summed E-state index contributed by atoms with van der Waals surface area (Å²) in [4.78, 5) is 32.0. The van der Waals surface area contributed by atoms with Crippen molar-refractivity contribution in [3.05, 3.63) is 71.3 Å². The summed E-state index contributed by atoms with van der Waals surface area (Å²) in [5.74, 6) is -1.02. The Morgan fingerprint density at radius 1 is 0.854 bits per heavy atom. The number of carbonyl (C=O) groups is 2. The van der Waals surface area contributed by atoms with Gasteiger partial charge in [0.1, 0.15) is 0 Å². The minimum Gasteiger partial charge on any atom is -0.479 e. The predicted octanol–water partition coefficient (Wildman–Crippen LogP) is 6.82. The van der Waals surface area contributed by atoms with Crippen molar-refractivity contribution in [2.45, 2.75) is 103 Å². The van der Waals surface area contributed by atoms with Crippen LogP contribution in [0.1, 0.15) is 105 Å². The van der Waals surface area contributed by atoms with Gasteiger partial charge in [-0.2, -0.15) is 5.06 Å². The van der Waals surface area contributed by atoms with Gasteiger partial charge in [0, 0.05) is 44.3 Å². The number of nitrogens with one attached hydrogen (secondary N) is 1. The number of piperidine rings is 1. The van der Waals surface area contributed by atoms with E-state index < -0.39 is 5.97 Å². The number of rotatable bonds is 20. The average molecular weight is 566 g/mol. The Bertz CT molecular complexity index is 991. The fraction of sp³-hybridized carbons (Fsp3) is 0.588. The van der Waals surface area contributed by atoms with Gasteiger partial charge in [0.2, 0.25) is 0 Å². The van der Waals surface area contributed by atoms with Crippen LogP contribution >= 0.6 is 0 Å². The van der Waals surface area contributed by atoms with Gasteiger partial charge < -0.3 is 10.4 Å². The summed E-state index contributed by atoms with van der Waals surface area (Å²) in [6, 6.07) is 18.2. The lowest BCUT2D eigenvalue weighted by Crippen LogP contribution is -2.44. The van der Waals surface area contributed by atoms with Crippen LogP contribution in [-0.2, 0) is 22.7 Å². The zero-order valence-electron chi connectivity index (χ0n) is 25.1. The van der Waals surface area contributed by atoms with Crippen LogP contribution in [0.3, 0.4) is 0 Å². The summed E-state index contributed by atoms with van der Waals surface area (Å²) in [5, 5.41) is 14.1. The molecule has 2 N–H and O–H groups in total. The third kappa shape index (κ3) is 13.2. The molecule has 226 valence electrons. The number of likely N-dealkylation sites (tertiary alicyclic amines) is 1. The number of benzene rings is 2. The van der Waals surface area contributed by atoms with E-state index in [0.717, 1.165) is 50.9 Å². The molecule has 0 saturated carbocycles. The molecule has 2 aromatic rings. The highest BCUT2D eigenvalue weighted by molar-refractivity contribution is 5.94. The quantitative estimate of drug-likeness (QED) is 0.135. The lowest BCUT2D eigenvalue weighted by Gasteiger charge is -2.37. The number of hydroxylamine groups is 2. The molecule has 41 heavy (non-hydrogen) atoms. The van der Waals surface area contributed by atoms with Gasteiger partial charge in [-0.15, -0.1) is 0 Å². The molecule has 0 aliphatic carbocycles. The molecule has 0 atom stereocenters. The van der Waals surface area contributed by atoms with E-state index in [1.165, 1.54) is 56.9 Å². The number of hydrogen-bond donors (Lipinski definition) is 2. The molecular formula is C34H51N3O4. The second kappa shape index (κ2) is 19.4. The smallest absolute Gasteiger partial charge is 0.331 e. The van der Waals surface area contributed by atoms with Crippen LogP contribution in [0.25, 0.3) is 0 Å². The topological polar surface area (TPSA) is 82.1 Å². The monoisotopic (exact) mass is 565 g/mol. The average Bonchev–Trinajstić information content (AvgIpc) is 2.99. The molecule has 3 rings (SSSR count). The standard InChI is InChI=1S/C34H51N3O4/c1-2-3-4-5-6-7-8-9-10-14-23-35-34(40)31-19-17-30(18-20-31)27-37(41-28-33(38)39)32-21-24-36(25-22-32)26-29-15-12-11-13-16-29/h11-13,15-20,32H,2-10,14,21-28H2,1H3,(H,35,40)(H,38,39). The fourth-order valence-corrected chi connectivity index (χ4v) is 5.48. The minimum absolute atomic E-state index is 0.0442. The molecule has 0 unspecified atom stereocenters. The number of carboxylic acid groups (broad SMARTS) is 1. The summed E-state index contributed by atoms with van der Waals surface area (Å²) in [7, 11) is 0. The Hall–Kier alpha value is -2.74. The van der Waals surface area contributed by atoms with E-state index in [2.05, 4.69) is 41.4 Å². The lowest BCUT2D eigenvalue weighted by molar-refractivity contribution is -0.209.